The van der Waals surface area contributed by atoms with Crippen molar-refractivity contribution in [2.24, 2.45) is 0 Å². The van der Waals surface area contributed by atoms with Crippen molar-refractivity contribution in [2.45, 2.75) is 0 Å². The Labute approximate surface area is 128 Å². The van der Waals surface area contributed by atoms with Gasteiger partial charge in [-0.2, -0.15) is 0 Å². The third-order valence-electron chi connectivity index (χ3n) is 2.71. The van der Waals surface area contributed by atoms with Gasteiger partial charge in [0.1, 0.15) is 11.3 Å². The SMILES string of the molecule is O=C(Nc1nc2c(F)cccc2s1)Nc1ccccc1Cl. The van der Waals surface area contributed by atoms with Crippen molar-refractivity contribution in [3.05, 3.63) is 53.3 Å². The van der Waals surface area contributed by atoms with Crippen molar-refractivity contribution in [1.29, 1.82) is 0 Å². The molecule has 21 heavy (non-hydrogen) atoms. The number of aromatic nitrogens is 1. The Morgan fingerprint density at radius 3 is 2.71 bits per heavy atom. The average molecular weight is 322 g/mol. The van der Waals surface area contributed by atoms with Crippen molar-refractivity contribution < 1.29 is 9.18 Å². The highest BCUT2D eigenvalue weighted by atomic mass is 35.5. The van der Waals surface area contributed by atoms with Crippen LogP contribution in [-0.2, 0) is 0 Å². The number of hydrogen-bond donors (Lipinski definition) is 2. The van der Waals surface area contributed by atoms with E-state index in [2.05, 4.69) is 15.6 Å². The molecule has 2 N–H and O–H groups in total. The van der Waals surface area contributed by atoms with Crippen molar-refractivity contribution in [3.8, 4) is 0 Å². The maximum atomic E-state index is 13.5. The lowest BCUT2D eigenvalue weighted by Gasteiger charge is -2.06. The lowest BCUT2D eigenvalue weighted by Crippen LogP contribution is -2.19. The van der Waals surface area contributed by atoms with Crippen molar-refractivity contribution in [2.75, 3.05) is 10.6 Å². The fourth-order valence-corrected chi connectivity index (χ4v) is 2.84. The van der Waals surface area contributed by atoms with Crippen molar-refractivity contribution >= 4 is 50.0 Å². The van der Waals surface area contributed by atoms with Gasteiger partial charge in [0.25, 0.3) is 0 Å². The number of urea groups is 1. The van der Waals surface area contributed by atoms with E-state index in [1.165, 1.54) is 17.4 Å². The number of halogens is 2. The standard InChI is InChI=1S/C14H9ClFN3OS/c15-8-4-1-2-6-10(8)17-13(20)19-14-18-12-9(16)5-3-7-11(12)21-14/h1-7H,(H2,17,18,19,20). The summed E-state index contributed by atoms with van der Waals surface area (Å²) < 4.78 is 14.2. The molecule has 1 heterocycles. The molecule has 2 amide bonds. The number of hydrogen-bond acceptors (Lipinski definition) is 3. The highest BCUT2D eigenvalue weighted by Gasteiger charge is 2.11. The van der Waals surface area contributed by atoms with Crippen LogP contribution in [0.5, 0.6) is 0 Å². The molecular formula is C14H9ClFN3OS. The average Bonchev–Trinajstić information content (AvgIpc) is 2.85. The summed E-state index contributed by atoms with van der Waals surface area (Å²) in [7, 11) is 0. The first-order valence-electron chi connectivity index (χ1n) is 6.01. The van der Waals surface area contributed by atoms with Gasteiger partial charge < -0.3 is 5.32 Å². The fraction of sp³-hybridized carbons (Fsp3) is 0. The first kappa shape index (κ1) is 13.8. The lowest BCUT2D eigenvalue weighted by molar-refractivity contribution is 0.262. The summed E-state index contributed by atoms with van der Waals surface area (Å²) in [5.74, 6) is -0.414. The molecule has 0 saturated carbocycles. The Kier molecular flexibility index (Phi) is 3.72. The molecule has 7 heteroatoms. The van der Waals surface area contributed by atoms with Crippen LogP contribution >= 0.6 is 22.9 Å². The third kappa shape index (κ3) is 2.96. The molecule has 3 rings (SSSR count). The number of carbonyl (C=O) groups excluding carboxylic acids is 1. The molecule has 0 unspecified atom stereocenters. The minimum Gasteiger partial charge on any atom is -0.306 e. The molecule has 1 aromatic heterocycles. The largest absolute Gasteiger partial charge is 0.325 e. The van der Waals surface area contributed by atoms with Crippen LogP contribution in [0.4, 0.5) is 20.0 Å². The maximum absolute atomic E-state index is 13.5. The molecule has 0 saturated heterocycles. The van der Waals surface area contributed by atoms with E-state index in [-0.39, 0.29) is 5.52 Å². The topological polar surface area (TPSA) is 54.0 Å². The second-order valence-electron chi connectivity index (χ2n) is 4.16. The van der Waals surface area contributed by atoms with Gasteiger partial charge in [0.2, 0.25) is 0 Å². The zero-order valence-corrected chi connectivity index (χ0v) is 12.1. The molecule has 3 aromatic rings. The Hall–Kier alpha value is -2.18. The first-order chi connectivity index (χ1) is 10.1. The van der Waals surface area contributed by atoms with E-state index in [1.54, 1.807) is 36.4 Å². The molecule has 2 aromatic carbocycles. The molecule has 0 aliphatic carbocycles. The Balaban J connectivity index is 1.77. The predicted molar refractivity (Wildman–Crippen MR) is 83.7 cm³/mol. The van der Waals surface area contributed by atoms with Gasteiger partial charge in [0, 0.05) is 0 Å². The zero-order chi connectivity index (χ0) is 14.8. The minimum atomic E-state index is -0.484. The fourth-order valence-electron chi connectivity index (χ4n) is 1.78. The number of nitrogens with one attached hydrogen (secondary N) is 2. The van der Waals surface area contributed by atoms with E-state index < -0.39 is 11.8 Å². The van der Waals surface area contributed by atoms with Gasteiger partial charge in [-0.15, -0.1) is 0 Å². The Morgan fingerprint density at radius 1 is 1.14 bits per heavy atom. The summed E-state index contributed by atoms with van der Waals surface area (Å²) in [5.41, 5.74) is 0.736. The van der Waals surface area contributed by atoms with Crippen LogP contribution in [0, 0.1) is 5.82 Å². The van der Waals surface area contributed by atoms with E-state index in [4.69, 9.17) is 11.6 Å². The highest BCUT2D eigenvalue weighted by molar-refractivity contribution is 7.22. The maximum Gasteiger partial charge on any atom is 0.325 e. The molecular weight excluding hydrogens is 313 g/mol. The van der Waals surface area contributed by atoms with E-state index in [0.717, 1.165) is 0 Å². The molecule has 0 aliphatic rings. The van der Waals surface area contributed by atoms with Gasteiger partial charge >= 0.3 is 6.03 Å². The van der Waals surface area contributed by atoms with Crippen LogP contribution < -0.4 is 10.6 Å². The molecule has 4 nitrogen and oxygen atoms in total. The second kappa shape index (κ2) is 5.67. The van der Waals surface area contributed by atoms with E-state index in [0.29, 0.717) is 20.5 Å². The summed E-state index contributed by atoms with van der Waals surface area (Å²) in [6.45, 7) is 0. The predicted octanol–water partition coefficient (Wildman–Crippen LogP) is 4.73. The second-order valence-corrected chi connectivity index (χ2v) is 5.60. The number of nitrogens with zero attached hydrogens (tertiary/aromatic N) is 1. The number of para-hydroxylation sites is 2. The van der Waals surface area contributed by atoms with Gasteiger partial charge in [-0.25, -0.2) is 14.2 Å². The summed E-state index contributed by atoms with van der Waals surface area (Å²) >= 11 is 7.15. The number of anilines is 2. The summed E-state index contributed by atoms with van der Waals surface area (Å²) in [5, 5.41) is 5.93. The third-order valence-corrected chi connectivity index (χ3v) is 3.98. The normalized spacial score (nSPS) is 10.6. The number of rotatable bonds is 2. The number of amides is 2. The van der Waals surface area contributed by atoms with Gasteiger partial charge in [0.05, 0.1) is 15.4 Å². The molecule has 0 fully saturated rings. The van der Waals surface area contributed by atoms with Gasteiger partial charge in [-0.05, 0) is 24.3 Å². The van der Waals surface area contributed by atoms with Crippen molar-refractivity contribution in [1.82, 2.24) is 4.98 Å². The molecule has 0 spiro atoms. The monoisotopic (exact) mass is 321 g/mol. The molecule has 106 valence electrons. The Morgan fingerprint density at radius 2 is 1.95 bits per heavy atom. The van der Waals surface area contributed by atoms with E-state index in [9.17, 15) is 9.18 Å². The summed E-state index contributed by atoms with van der Waals surface area (Å²) in [6.07, 6.45) is 0. The molecule has 0 bridgehead atoms. The minimum absolute atomic E-state index is 0.246. The van der Waals surface area contributed by atoms with Crippen LogP contribution in [0.2, 0.25) is 5.02 Å². The van der Waals surface area contributed by atoms with Gasteiger partial charge in [-0.1, -0.05) is 41.1 Å². The van der Waals surface area contributed by atoms with E-state index >= 15 is 0 Å². The molecule has 0 radical (unpaired) electrons. The highest BCUT2D eigenvalue weighted by Crippen LogP contribution is 2.28. The van der Waals surface area contributed by atoms with Gasteiger partial charge in [0.15, 0.2) is 5.13 Å². The summed E-state index contributed by atoms with van der Waals surface area (Å²) in [4.78, 5) is 15.9. The van der Waals surface area contributed by atoms with Crippen LogP contribution in [-0.4, -0.2) is 11.0 Å². The van der Waals surface area contributed by atoms with Crippen LogP contribution in [0.15, 0.2) is 42.5 Å². The smallest absolute Gasteiger partial charge is 0.306 e. The quantitative estimate of drug-likeness (QED) is 0.716. The van der Waals surface area contributed by atoms with Crippen LogP contribution in [0.25, 0.3) is 10.2 Å². The Bertz CT molecular complexity index is 821. The van der Waals surface area contributed by atoms with Crippen molar-refractivity contribution in [3.63, 3.8) is 0 Å². The number of fused-ring (bicyclic) bond motifs is 1. The molecule has 0 atom stereocenters. The van der Waals surface area contributed by atoms with E-state index in [1.807, 2.05) is 0 Å². The zero-order valence-electron chi connectivity index (χ0n) is 10.6. The summed E-state index contributed by atoms with van der Waals surface area (Å²) in [6, 6.07) is 11.1. The van der Waals surface area contributed by atoms with Crippen LogP contribution in [0.1, 0.15) is 0 Å². The first-order valence-corrected chi connectivity index (χ1v) is 7.20. The number of thiazole rings is 1. The lowest BCUT2D eigenvalue weighted by atomic mass is 10.3. The molecule has 0 aliphatic heterocycles. The number of benzene rings is 2. The van der Waals surface area contributed by atoms with Crippen LogP contribution in [0.3, 0.4) is 0 Å². The van der Waals surface area contributed by atoms with Gasteiger partial charge in [-0.3, -0.25) is 5.32 Å². The number of carbonyl (C=O) groups is 1.